The van der Waals surface area contributed by atoms with Gasteiger partial charge in [-0.15, -0.1) is 11.3 Å². The number of amides is 1. The summed E-state index contributed by atoms with van der Waals surface area (Å²) in [5.74, 6) is -1.32. The Morgan fingerprint density at radius 1 is 1.27 bits per heavy atom. The Hall–Kier alpha value is -2.57. The fourth-order valence-electron chi connectivity index (χ4n) is 3.45. The number of halogens is 1. The number of hydrogen-bond donors (Lipinski definition) is 2. The third-order valence-corrected chi connectivity index (χ3v) is 5.74. The number of carbonyl (C=O) groups is 2. The lowest BCUT2D eigenvalue weighted by Crippen LogP contribution is -2.17. The van der Waals surface area contributed by atoms with E-state index in [0.29, 0.717) is 27.5 Å². The number of thiophene rings is 1. The fraction of sp³-hybridized carbons (Fsp3) is 0.158. The second-order valence-corrected chi connectivity index (χ2v) is 7.36. The first-order valence-electron chi connectivity index (χ1n) is 7.96. The number of hydrogen-bond acceptors (Lipinski definition) is 4. The quantitative estimate of drug-likeness (QED) is 0.647. The first-order valence-corrected chi connectivity index (χ1v) is 9.22. The highest BCUT2D eigenvalue weighted by molar-refractivity contribution is 7.13. The van der Waals surface area contributed by atoms with Gasteiger partial charge in [0.1, 0.15) is 0 Å². The van der Waals surface area contributed by atoms with Gasteiger partial charge in [0.25, 0.3) is 0 Å². The van der Waals surface area contributed by atoms with Crippen molar-refractivity contribution in [1.29, 1.82) is 0 Å². The highest BCUT2D eigenvalue weighted by Gasteiger charge is 2.39. The number of ether oxygens (including phenoxy) is 1. The molecule has 0 unspecified atom stereocenters. The molecule has 0 bridgehead atoms. The van der Waals surface area contributed by atoms with E-state index in [-0.39, 0.29) is 5.91 Å². The summed E-state index contributed by atoms with van der Waals surface area (Å²) < 4.78 is 4.98. The van der Waals surface area contributed by atoms with Gasteiger partial charge in [-0.3, -0.25) is 4.79 Å². The van der Waals surface area contributed by atoms with Gasteiger partial charge in [0.15, 0.2) is 0 Å². The zero-order chi connectivity index (χ0) is 18.4. The van der Waals surface area contributed by atoms with Crippen LogP contribution in [0.3, 0.4) is 0 Å². The Bertz CT molecular complexity index is 1020. The standard InChI is InChI=1S/C19H15ClN2O3S/c1-9-13(19(24)25-2)15(17(21-9)12-7-4-8-26-12)14-10-5-3-6-11(20)16(10)22-18(14)23/h3-8,14,21H,1-2H3,(H,22,23)/t14-/m0/s1. The number of fused-ring (bicyclic) bond motifs is 1. The molecule has 2 N–H and O–H groups in total. The Labute approximate surface area is 159 Å². The van der Waals surface area contributed by atoms with Crippen LogP contribution in [0.5, 0.6) is 0 Å². The average molecular weight is 387 g/mol. The highest BCUT2D eigenvalue weighted by Crippen LogP contribution is 2.46. The number of esters is 1. The predicted octanol–water partition coefficient (Wildman–Crippen LogP) is 4.58. The lowest BCUT2D eigenvalue weighted by atomic mass is 9.88. The largest absolute Gasteiger partial charge is 0.465 e. The third-order valence-electron chi connectivity index (χ3n) is 4.54. The summed E-state index contributed by atoms with van der Waals surface area (Å²) >= 11 is 7.78. The first-order chi connectivity index (χ1) is 12.5. The molecule has 1 aliphatic heterocycles. The van der Waals surface area contributed by atoms with Crippen LogP contribution in [0.15, 0.2) is 35.7 Å². The molecule has 1 amide bonds. The zero-order valence-electron chi connectivity index (χ0n) is 14.1. The van der Waals surface area contributed by atoms with Crippen molar-refractivity contribution in [2.45, 2.75) is 12.8 Å². The minimum absolute atomic E-state index is 0.213. The third kappa shape index (κ3) is 2.45. The van der Waals surface area contributed by atoms with Crippen LogP contribution in [0.25, 0.3) is 10.6 Å². The molecule has 0 aliphatic carbocycles. The molecule has 26 heavy (non-hydrogen) atoms. The van der Waals surface area contributed by atoms with Crippen molar-refractivity contribution >= 4 is 40.5 Å². The van der Waals surface area contributed by atoms with Crippen molar-refractivity contribution in [3.05, 3.63) is 63.1 Å². The average Bonchev–Trinajstić information content (AvgIpc) is 3.32. The lowest BCUT2D eigenvalue weighted by Gasteiger charge is -2.13. The van der Waals surface area contributed by atoms with E-state index >= 15 is 0 Å². The van der Waals surface area contributed by atoms with Crippen LogP contribution < -0.4 is 5.32 Å². The summed E-state index contributed by atoms with van der Waals surface area (Å²) in [6.45, 7) is 1.80. The van der Waals surface area contributed by atoms with Gasteiger partial charge >= 0.3 is 5.97 Å². The second kappa shape index (κ2) is 6.30. The highest BCUT2D eigenvalue weighted by atomic mass is 35.5. The molecule has 0 fully saturated rings. The van der Waals surface area contributed by atoms with Gasteiger partial charge in [0, 0.05) is 11.3 Å². The van der Waals surface area contributed by atoms with Gasteiger partial charge in [-0.05, 0) is 30.0 Å². The topological polar surface area (TPSA) is 71.2 Å². The molecule has 0 saturated heterocycles. The SMILES string of the molecule is COC(=O)c1c(C)[nH]c(-c2cccs2)c1[C@H]1C(=O)Nc2c(Cl)cccc21. The smallest absolute Gasteiger partial charge is 0.340 e. The van der Waals surface area contributed by atoms with Crippen LogP contribution in [-0.2, 0) is 9.53 Å². The number of anilines is 1. The second-order valence-electron chi connectivity index (χ2n) is 6.01. The van der Waals surface area contributed by atoms with E-state index in [0.717, 1.165) is 16.1 Å². The molecule has 5 nitrogen and oxygen atoms in total. The number of rotatable bonds is 3. The molecular weight excluding hydrogens is 372 g/mol. The number of aromatic amines is 1. The minimum Gasteiger partial charge on any atom is -0.465 e. The van der Waals surface area contributed by atoms with Gasteiger partial charge in [-0.2, -0.15) is 0 Å². The molecule has 0 saturated carbocycles. The fourth-order valence-corrected chi connectivity index (χ4v) is 4.42. The van der Waals surface area contributed by atoms with Crippen molar-refractivity contribution in [1.82, 2.24) is 4.98 Å². The van der Waals surface area contributed by atoms with Crippen molar-refractivity contribution in [3.8, 4) is 10.6 Å². The number of nitrogens with one attached hydrogen (secondary N) is 2. The molecule has 0 spiro atoms. The Kier molecular flexibility index (Phi) is 4.09. The van der Waals surface area contributed by atoms with Gasteiger partial charge in [0.05, 0.1) is 39.9 Å². The van der Waals surface area contributed by atoms with E-state index in [1.54, 1.807) is 19.1 Å². The number of H-pyrrole nitrogens is 1. The van der Waals surface area contributed by atoms with E-state index in [1.165, 1.54) is 18.4 Å². The molecule has 3 heterocycles. The normalized spacial score (nSPS) is 15.7. The van der Waals surface area contributed by atoms with Gasteiger partial charge in [-0.25, -0.2) is 4.79 Å². The van der Waals surface area contributed by atoms with Crippen LogP contribution in [0, 0.1) is 6.92 Å². The lowest BCUT2D eigenvalue weighted by molar-refractivity contribution is -0.116. The molecular formula is C19H15ClN2O3S. The van der Waals surface area contributed by atoms with Crippen molar-refractivity contribution < 1.29 is 14.3 Å². The molecule has 3 aromatic rings. The number of carbonyl (C=O) groups excluding carboxylic acids is 2. The summed E-state index contributed by atoms with van der Waals surface area (Å²) in [5, 5.41) is 5.27. The van der Waals surface area contributed by atoms with Gasteiger partial charge in [0.2, 0.25) is 5.91 Å². The van der Waals surface area contributed by atoms with E-state index in [9.17, 15) is 9.59 Å². The summed E-state index contributed by atoms with van der Waals surface area (Å²) in [7, 11) is 1.34. The summed E-state index contributed by atoms with van der Waals surface area (Å²) in [5.41, 5.74) is 3.78. The molecule has 1 aliphatic rings. The first kappa shape index (κ1) is 16.9. The number of benzene rings is 1. The van der Waals surface area contributed by atoms with Crippen molar-refractivity contribution in [3.63, 3.8) is 0 Å². The minimum atomic E-state index is -0.639. The number of aromatic nitrogens is 1. The summed E-state index contributed by atoms with van der Waals surface area (Å²) in [6, 6.07) is 9.26. The van der Waals surface area contributed by atoms with Crippen LogP contribution in [0.4, 0.5) is 5.69 Å². The van der Waals surface area contributed by atoms with Gasteiger partial charge < -0.3 is 15.0 Å². The Balaban J connectivity index is 2.01. The van der Waals surface area contributed by atoms with Crippen LogP contribution in [0.1, 0.15) is 33.1 Å². The number of methoxy groups -OCH3 is 1. The van der Waals surface area contributed by atoms with E-state index in [4.69, 9.17) is 16.3 Å². The maximum absolute atomic E-state index is 12.8. The number of aryl methyl sites for hydroxylation is 1. The zero-order valence-corrected chi connectivity index (χ0v) is 15.6. The van der Waals surface area contributed by atoms with Crippen LogP contribution >= 0.6 is 22.9 Å². The molecule has 7 heteroatoms. The van der Waals surface area contributed by atoms with E-state index in [2.05, 4.69) is 10.3 Å². The molecule has 1 aromatic carbocycles. The van der Waals surface area contributed by atoms with E-state index in [1.807, 2.05) is 23.6 Å². The Morgan fingerprint density at radius 2 is 2.08 bits per heavy atom. The predicted molar refractivity (Wildman–Crippen MR) is 102 cm³/mol. The molecule has 4 rings (SSSR count). The van der Waals surface area contributed by atoms with Crippen LogP contribution in [0.2, 0.25) is 5.02 Å². The molecule has 1 atom stereocenters. The Morgan fingerprint density at radius 3 is 2.77 bits per heavy atom. The molecule has 2 aromatic heterocycles. The summed E-state index contributed by atoms with van der Waals surface area (Å²) in [4.78, 5) is 29.5. The molecule has 0 radical (unpaired) electrons. The monoisotopic (exact) mass is 386 g/mol. The number of para-hydroxylation sites is 1. The molecule has 132 valence electrons. The summed E-state index contributed by atoms with van der Waals surface area (Å²) in [6.07, 6.45) is 0. The van der Waals surface area contributed by atoms with E-state index < -0.39 is 11.9 Å². The maximum Gasteiger partial charge on any atom is 0.340 e. The van der Waals surface area contributed by atoms with Crippen molar-refractivity contribution in [2.24, 2.45) is 0 Å². The van der Waals surface area contributed by atoms with Crippen LogP contribution in [-0.4, -0.2) is 24.0 Å². The van der Waals surface area contributed by atoms with Crippen molar-refractivity contribution in [2.75, 3.05) is 12.4 Å². The van der Waals surface area contributed by atoms with Gasteiger partial charge in [-0.1, -0.05) is 29.8 Å². The maximum atomic E-state index is 12.8.